The summed E-state index contributed by atoms with van der Waals surface area (Å²) in [4.78, 5) is 19.7. The van der Waals surface area contributed by atoms with Gasteiger partial charge in [-0.1, -0.05) is 0 Å². The number of rotatable bonds is 4. The lowest BCUT2D eigenvalue weighted by Gasteiger charge is -2.15. The molecule has 0 fully saturated rings. The van der Waals surface area contributed by atoms with E-state index in [1.165, 1.54) is 0 Å². The van der Waals surface area contributed by atoms with E-state index in [1.807, 2.05) is 30.7 Å². The Labute approximate surface area is 133 Å². The Morgan fingerprint density at radius 2 is 2.00 bits per heavy atom. The normalized spacial score (nSPS) is 12.5. The monoisotopic (exact) mass is 310 g/mol. The first-order valence-corrected chi connectivity index (χ1v) is 7.44. The van der Waals surface area contributed by atoms with Crippen molar-refractivity contribution in [2.75, 3.05) is 0 Å². The molecule has 3 rings (SSSR count). The summed E-state index contributed by atoms with van der Waals surface area (Å²) in [6, 6.07) is 3.93. The molecular formula is C17H18N4O2. The maximum atomic E-state index is 11.1. The zero-order valence-corrected chi connectivity index (χ0v) is 13.3. The van der Waals surface area contributed by atoms with E-state index in [2.05, 4.69) is 22.0 Å². The van der Waals surface area contributed by atoms with Gasteiger partial charge in [0.25, 0.3) is 0 Å². The minimum absolute atomic E-state index is 0.0205. The average Bonchev–Trinajstić information content (AvgIpc) is 2.95. The topological polar surface area (TPSA) is 80.9 Å². The number of carbonyl (C=O) groups is 1. The molecule has 0 aliphatic carbocycles. The van der Waals surface area contributed by atoms with Gasteiger partial charge >= 0.3 is 5.97 Å². The van der Waals surface area contributed by atoms with Crippen LogP contribution in [-0.4, -0.2) is 30.8 Å². The number of aromatic nitrogens is 4. The highest BCUT2D eigenvalue weighted by Gasteiger charge is 2.18. The van der Waals surface area contributed by atoms with Crippen molar-refractivity contribution in [3.63, 3.8) is 0 Å². The number of fused-ring (bicyclic) bond motifs is 1. The summed E-state index contributed by atoms with van der Waals surface area (Å²) in [5, 5.41) is 14.5. The van der Waals surface area contributed by atoms with Crippen LogP contribution in [0, 0.1) is 13.8 Å². The highest BCUT2D eigenvalue weighted by Crippen LogP contribution is 2.26. The van der Waals surface area contributed by atoms with Crippen LogP contribution < -0.4 is 0 Å². The van der Waals surface area contributed by atoms with Gasteiger partial charge in [0.1, 0.15) is 0 Å². The van der Waals surface area contributed by atoms with Crippen molar-refractivity contribution in [2.24, 2.45) is 0 Å². The number of hydrogen-bond acceptors (Lipinski definition) is 4. The van der Waals surface area contributed by atoms with Gasteiger partial charge in [0.2, 0.25) is 0 Å². The molecule has 0 amide bonds. The number of pyridine rings is 2. The average molecular weight is 310 g/mol. The molecule has 0 aliphatic heterocycles. The Bertz CT molecular complexity index is 871. The van der Waals surface area contributed by atoms with Gasteiger partial charge in [0.05, 0.1) is 18.7 Å². The van der Waals surface area contributed by atoms with E-state index in [9.17, 15) is 4.79 Å². The smallest absolute Gasteiger partial charge is 0.307 e. The largest absolute Gasteiger partial charge is 0.481 e. The molecule has 0 bridgehead atoms. The zero-order valence-electron chi connectivity index (χ0n) is 13.3. The Morgan fingerprint density at radius 3 is 2.65 bits per heavy atom. The second kappa shape index (κ2) is 5.79. The molecule has 0 radical (unpaired) electrons. The Kier molecular flexibility index (Phi) is 3.82. The molecule has 0 aliphatic rings. The van der Waals surface area contributed by atoms with Crippen LogP contribution >= 0.6 is 0 Å². The molecule has 0 saturated carbocycles. The number of carboxylic acid groups (broad SMARTS) is 1. The molecule has 118 valence electrons. The molecule has 1 atom stereocenters. The van der Waals surface area contributed by atoms with Gasteiger partial charge in [-0.3, -0.25) is 9.78 Å². The number of aryl methyl sites for hydroxylation is 2. The van der Waals surface area contributed by atoms with E-state index in [0.717, 1.165) is 33.4 Å². The summed E-state index contributed by atoms with van der Waals surface area (Å²) in [5.41, 5.74) is 4.31. The molecule has 3 heterocycles. The van der Waals surface area contributed by atoms with E-state index in [1.54, 1.807) is 18.6 Å². The van der Waals surface area contributed by atoms with Crippen LogP contribution in [0.25, 0.3) is 11.0 Å². The quantitative estimate of drug-likeness (QED) is 0.801. The lowest BCUT2D eigenvalue weighted by Crippen LogP contribution is -2.11. The van der Waals surface area contributed by atoms with E-state index in [4.69, 9.17) is 5.11 Å². The van der Waals surface area contributed by atoms with Crippen molar-refractivity contribution in [1.82, 2.24) is 19.7 Å². The van der Waals surface area contributed by atoms with Gasteiger partial charge in [-0.2, -0.15) is 5.10 Å². The summed E-state index contributed by atoms with van der Waals surface area (Å²) in [6.45, 7) is 5.83. The number of hydrogen-bond donors (Lipinski definition) is 1. The van der Waals surface area contributed by atoms with Gasteiger partial charge in [-0.05, 0) is 49.6 Å². The molecule has 1 unspecified atom stereocenters. The highest BCUT2D eigenvalue weighted by molar-refractivity contribution is 5.82. The van der Waals surface area contributed by atoms with Gasteiger partial charge in [0, 0.05) is 23.5 Å². The highest BCUT2D eigenvalue weighted by atomic mass is 16.4. The van der Waals surface area contributed by atoms with Gasteiger partial charge in [-0.15, -0.1) is 0 Å². The third-order valence-electron chi connectivity index (χ3n) is 4.22. The van der Waals surface area contributed by atoms with Crippen molar-refractivity contribution in [2.45, 2.75) is 33.2 Å². The van der Waals surface area contributed by atoms with Crippen LogP contribution in [0.15, 0.2) is 30.7 Å². The summed E-state index contributed by atoms with van der Waals surface area (Å²) < 4.78 is 1.87. The van der Waals surface area contributed by atoms with Crippen molar-refractivity contribution >= 4 is 17.0 Å². The van der Waals surface area contributed by atoms with Crippen molar-refractivity contribution < 1.29 is 9.90 Å². The molecule has 3 aromatic rings. The maximum Gasteiger partial charge on any atom is 0.307 e. The fraction of sp³-hybridized carbons (Fsp3) is 0.294. The molecule has 1 N–H and O–H groups in total. The summed E-state index contributed by atoms with van der Waals surface area (Å²) in [7, 11) is 0. The third-order valence-corrected chi connectivity index (χ3v) is 4.22. The van der Waals surface area contributed by atoms with E-state index in [-0.39, 0.29) is 12.5 Å². The van der Waals surface area contributed by atoms with Crippen molar-refractivity contribution in [1.29, 1.82) is 0 Å². The molecule has 6 nitrogen and oxygen atoms in total. The van der Waals surface area contributed by atoms with E-state index < -0.39 is 5.97 Å². The van der Waals surface area contributed by atoms with Crippen LogP contribution in [0.5, 0.6) is 0 Å². The number of aliphatic carboxylic acids is 1. The van der Waals surface area contributed by atoms with E-state index in [0.29, 0.717) is 0 Å². The lowest BCUT2D eigenvalue weighted by molar-refractivity contribution is -0.136. The number of nitrogens with zero attached hydrogens (tertiary/aromatic N) is 4. The summed E-state index contributed by atoms with van der Waals surface area (Å²) in [6.07, 6.45) is 5.25. The molecule has 23 heavy (non-hydrogen) atoms. The van der Waals surface area contributed by atoms with E-state index >= 15 is 0 Å². The van der Waals surface area contributed by atoms with Gasteiger partial charge in [0.15, 0.2) is 5.65 Å². The van der Waals surface area contributed by atoms with Crippen molar-refractivity contribution in [3.8, 4) is 0 Å². The Morgan fingerprint density at radius 1 is 1.30 bits per heavy atom. The Balaban J connectivity index is 2.13. The third kappa shape index (κ3) is 2.67. The minimum Gasteiger partial charge on any atom is -0.481 e. The number of carboxylic acids is 1. The SMILES string of the molecule is Cc1nc2c(cnn2C(C)c2ccncc2)c(C)c1CC(=O)O. The van der Waals surface area contributed by atoms with Crippen LogP contribution in [0.4, 0.5) is 0 Å². The van der Waals surface area contributed by atoms with Crippen LogP contribution in [-0.2, 0) is 11.2 Å². The molecule has 3 aromatic heterocycles. The summed E-state index contributed by atoms with van der Waals surface area (Å²) >= 11 is 0. The molecule has 0 spiro atoms. The second-order valence-electron chi connectivity index (χ2n) is 5.65. The molecule has 0 saturated heterocycles. The van der Waals surface area contributed by atoms with Crippen LogP contribution in [0.2, 0.25) is 0 Å². The minimum atomic E-state index is -0.852. The van der Waals surface area contributed by atoms with Gasteiger partial charge < -0.3 is 5.11 Å². The standard InChI is InChI=1S/C17H18N4O2/c1-10-14(8-16(22)23)11(2)20-17-15(10)9-19-21(17)12(3)13-4-6-18-7-5-13/h4-7,9,12H,8H2,1-3H3,(H,22,23). The molecular weight excluding hydrogens is 292 g/mol. The van der Waals surface area contributed by atoms with Crippen LogP contribution in [0.1, 0.15) is 35.3 Å². The van der Waals surface area contributed by atoms with Crippen LogP contribution in [0.3, 0.4) is 0 Å². The molecule has 6 heteroatoms. The lowest BCUT2D eigenvalue weighted by atomic mass is 10.0. The summed E-state index contributed by atoms with van der Waals surface area (Å²) in [5.74, 6) is -0.852. The van der Waals surface area contributed by atoms with Gasteiger partial charge in [-0.25, -0.2) is 9.67 Å². The predicted octanol–water partition coefficient (Wildman–Crippen LogP) is 2.68. The fourth-order valence-corrected chi connectivity index (χ4v) is 2.87. The first-order chi connectivity index (χ1) is 11.0. The fourth-order valence-electron chi connectivity index (χ4n) is 2.87. The first-order valence-electron chi connectivity index (χ1n) is 7.44. The predicted molar refractivity (Wildman–Crippen MR) is 86.4 cm³/mol. The Hall–Kier alpha value is -2.76. The van der Waals surface area contributed by atoms with Crippen molar-refractivity contribution in [3.05, 3.63) is 53.1 Å². The first kappa shape index (κ1) is 15.1. The zero-order chi connectivity index (χ0) is 16.6. The molecule has 0 aromatic carbocycles. The second-order valence-corrected chi connectivity index (χ2v) is 5.65. The maximum absolute atomic E-state index is 11.1.